The van der Waals surface area contributed by atoms with E-state index in [1.807, 2.05) is 16.2 Å². The molecule has 0 heterocycles. The van der Waals surface area contributed by atoms with Crippen molar-refractivity contribution in [3.63, 3.8) is 0 Å². The lowest BCUT2D eigenvalue weighted by molar-refractivity contribution is -0.0708. The van der Waals surface area contributed by atoms with Crippen LogP contribution in [-0.2, 0) is 6.42 Å². The SMILES string of the molecule is C[C@]12CC[C@@H]3c4ccc(O)c(O)c4CC[C@H]3[C@@H]1CC[C@]2(O)/C=C\I. The van der Waals surface area contributed by atoms with Crippen molar-refractivity contribution in [2.75, 3.05) is 0 Å². The van der Waals surface area contributed by atoms with Crippen LogP contribution >= 0.6 is 22.6 Å². The molecule has 2 saturated carbocycles. The smallest absolute Gasteiger partial charge is 0.160 e. The summed E-state index contributed by atoms with van der Waals surface area (Å²) in [6, 6.07) is 3.64. The summed E-state index contributed by atoms with van der Waals surface area (Å²) in [6.45, 7) is 2.28. The van der Waals surface area contributed by atoms with E-state index >= 15 is 0 Å². The summed E-state index contributed by atoms with van der Waals surface area (Å²) in [5.41, 5.74) is 1.44. The highest BCUT2D eigenvalue weighted by atomic mass is 127. The molecule has 3 nitrogen and oxygen atoms in total. The molecule has 4 rings (SSSR count). The third-order valence-corrected chi connectivity index (χ3v) is 7.78. The van der Waals surface area contributed by atoms with Crippen LogP contribution in [0.3, 0.4) is 0 Å². The lowest BCUT2D eigenvalue weighted by Gasteiger charge is -2.52. The lowest BCUT2D eigenvalue weighted by atomic mass is 9.53. The Labute approximate surface area is 156 Å². The van der Waals surface area contributed by atoms with Gasteiger partial charge in [-0.2, -0.15) is 0 Å². The number of phenols is 2. The first-order valence-corrected chi connectivity index (χ1v) is 10.2. The minimum Gasteiger partial charge on any atom is -0.504 e. The van der Waals surface area contributed by atoms with Crippen LogP contribution in [0.4, 0.5) is 0 Å². The van der Waals surface area contributed by atoms with E-state index in [1.165, 1.54) is 5.56 Å². The number of benzene rings is 1. The lowest BCUT2D eigenvalue weighted by Crippen LogP contribution is -2.49. The normalized spacial score (nSPS) is 41.0. The molecule has 3 aliphatic carbocycles. The van der Waals surface area contributed by atoms with Crippen LogP contribution in [0.25, 0.3) is 0 Å². The van der Waals surface area contributed by atoms with Gasteiger partial charge in [-0.05, 0) is 78.1 Å². The van der Waals surface area contributed by atoms with E-state index in [9.17, 15) is 15.3 Å². The zero-order chi connectivity index (χ0) is 17.1. The number of aromatic hydroxyl groups is 2. The van der Waals surface area contributed by atoms with Crippen LogP contribution in [0.15, 0.2) is 22.3 Å². The molecule has 130 valence electrons. The van der Waals surface area contributed by atoms with Gasteiger partial charge < -0.3 is 15.3 Å². The molecule has 1 aromatic rings. The molecule has 0 saturated heterocycles. The molecule has 3 aliphatic rings. The van der Waals surface area contributed by atoms with E-state index in [0.29, 0.717) is 17.8 Å². The van der Waals surface area contributed by atoms with Gasteiger partial charge in [0.15, 0.2) is 11.5 Å². The van der Waals surface area contributed by atoms with Crippen molar-refractivity contribution in [2.24, 2.45) is 17.3 Å². The summed E-state index contributed by atoms with van der Waals surface area (Å²) in [4.78, 5) is 0. The summed E-state index contributed by atoms with van der Waals surface area (Å²) in [5.74, 6) is 1.62. The second kappa shape index (κ2) is 5.63. The summed E-state index contributed by atoms with van der Waals surface area (Å²) >= 11 is 2.21. The Morgan fingerprint density at radius 2 is 1.96 bits per heavy atom. The van der Waals surface area contributed by atoms with E-state index in [2.05, 4.69) is 29.5 Å². The molecular weight excluding hydrogens is 415 g/mol. The summed E-state index contributed by atoms with van der Waals surface area (Å²) < 4.78 is 1.97. The molecule has 0 bridgehead atoms. The highest BCUT2D eigenvalue weighted by molar-refractivity contribution is 14.1. The fourth-order valence-corrected chi connectivity index (χ4v) is 6.66. The van der Waals surface area contributed by atoms with Gasteiger partial charge in [0.2, 0.25) is 0 Å². The monoisotopic (exact) mass is 440 g/mol. The molecule has 3 N–H and O–H groups in total. The molecule has 24 heavy (non-hydrogen) atoms. The standard InChI is InChI=1S/C20H25IO3/c1-19-8-6-13-12-4-5-17(22)18(23)15(12)3-2-14(13)16(19)7-9-20(19,24)10-11-21/h4-5,10-11,13-14,16,22-24H,2-3,6-9H2,1H3/b11-10-/t13-,14-,16+,19+,20+/m1/s1. The minimum atomic E-state index is -0.679. The molecule has 2 fully saturated rings. The van der Waals surface area contributed by atoms with Crippen molar-refractivity contribution in [1.29, 1.82) is 0 Å². The zero-order valence-electron chi connectivity index (χ0n) is 14.0. The Hall–Kier alpha value is -0.750. The van der Waals surface area contributed by atoms with Gasteiger partial charge in [0.05, 0.1) is 5.60 Å². The largest absolute Gasteiger partial charge is 0.504 e. The topological polar surface area (TPSA) is 60.7 Å². The number of rotatable bonds is 1. The quantitative estimate of drug-likeness (QED) is 0.441. The van der Waals surface area contributed by atoms with E-state index in [-0.39, 0.29) is 16.9 Å². The third-order valence-electron chi connectivity index (χ3n) is 7.42. The first-order chi connectivity index (χ1) is 11.4. The Balaban J connectivity index is 1.72. The number of halogens is 1. The molecular formula is C20H25IO3. The molecule has 4 heteroatoms. The van der Waals surface area contributed by atoms with Crippen LogP contribution < -0.4 is 0 Å². The van der Waals surface area contributed by atoms with Gasteiger partial charge in [0, 0.05) is 11.0 Å². The second-order valence-electron chi connectivity index (χ2n) is 8.13. The molecule has 0 aliphatic heterocycles. The van der Waals surface area contributed by atoms with Crippen molar-refractivity contribution >= 4 is 22.6 Å². The maximum atomic E-state index is 11.2. The highest BCUT2D eigenvalue weighted by Crippen LogP contribution is 2.65. The van der Waals surface area contributed by atoms with Crippen LogP contribution in [0.2, 0.25) is 0 Å². The van der Waals surface area contributed by atoms with E-state index in [4.69, 9.17) is 0 Å². The summed E-state index contributed by atoms with van der Waals surface area (Å²) in [5, 5.41) is 31.3. The molecule has 0 amide bonds. The van der Waals surface area contributed by atoms with Gasteiger partial charge in [0.1, 0.15) is 0 Å². The molecule has 0 radical (unpaired) electrons. The Morgan fingerprint density at radius 1 is 1.17 bits per heavy atom. The number of fused-ring (bicyclic) bond motifs is 5. The fourth-order valence-electron chi connectivity index (χ4n) is 6.07. The van der Waals surface area contributed by atoms with Crippen molar-refractivity contribution in [2.45, 2.75) is 57.0 Å². The van der Waals surface area contributed by atoms with E-state index in [1.54, 1.807) is 6.07 Å². The average molecular weight is 440 g/mol. The van der Waals surface area contributed by atoms with Gasteiger partial charge >= 0.3 is 0 Å². The number of hydrogen-bond donors (Lipinski definition) is 3. The molecule has 5 atom stereocenters. The Kier molecular flexibility index (Phi) is 3.92. The number of hydrogen-bond acceptors (Lipinski definition) is 3. The van der Waals surface area contributed by atoms with Crippen molar-refractivity contribution in [3.05, 3.63) is 33.4 Å². The second-order valence-corrected chi connectivity index (χ2v) is 8.85. The summed E-state index contributed by atoms with van der Waals surface area (Å²) in [6.07, 6.45) is 7.86. The van der Waals surface area contributed by atoms with Crippen LogP contribution in [-0.4, -0.2) is 20.9 Å². The van der Waals surface area contributed by atoms with E-state index in [0.717, 1.165) is 44.1 Å². The highest BCUT2D eigenvalue weighted by Gasteiger charge is 2.60. The van der Waals surface area contributed by atoms with Gasteiger partial charge in [-0.25, -0.2) is 0 Å². The predicted octanol–water partition coefficient (Wildman–Crippen LogP) is 4.63. The minimum absolute atomic E-state index is 0.00438. The summed E-state index contributed by atoms with van der Waals surface area (Å²) in [7, 11) is 0. The van der Waals surface area contributed by atoms with Crippen LogP contribution in [0, 0.1) is 17.3 Å². The maximum Gasteiger partial charge on any atom is 0.160 e. The van der Waals surface area contributed by atoms with Crippen LogP contribution in [0.1, 0.15) is 56.1 Å². The van der Waals surface area contributed by atoms with Crippen molar-refractivity contribution in [3.8, 4) is 11.5 Å². The third kappa shape index (κ3) is 2.11. The molecule has 0 spiro atoms. The first kappa shape index (κ1) is 16.7. The fraction of sp³-hybridized carbons (Fsp3) is 0.600. The number of aliphatic hydroxyl groups is 1. The maximum absolute atomic E-state index is 11.2. The van der Waals surface area contributed by atoms with Gasteiger partial charge in [-0.1, -0.05) is 35.6 Å². The molecule has 1 aromatic carbocycles. The van der Waals surface area contributed by atoms with Gasteiger partial charge in [-0.15, -0.1) is 0 Å². The molecule has 0 aromatic heterocycles. The number of phenolic OH excluding ortho intramolecular Hbond substituents is 2. The van der Waals surface area contributed by atoms with E-state index < -0.39 is 5.60 Å². The predicted molar refractivity (Wildman–Crippen MR) is 102 cm³/mol. The average Bonchev–Trinajstić information content (AvgIpc) is 2.82. The molecule has 0 unspecified atom stereocenters. The van der Waals surface area contributed by atoms with Gasteiger partial charge in [-0.3, -0.25) is 0 Å². The Bertz CT molecular complexity index is 700. The zero-order valence-corrected chi connectivity index (χ0v) is 16.2. The Morgan fingerprint density at radius 3 is 2.71 bits per heavy atom. The van der Waals surface area contributed by atoms with Crippen molar-refractivity contribution in [1.82, 2.24) is 0 Å². The van der Waals surface area contributed by atoms with Crippen molar-refractivity contribution < 1.29 is 15.3 Å². The van der Waals surface area contributed by atoms with Gasteiger partial charge in [0.25, 0.3) is 0 Å². The first-order valence-electron chi connectivity index (χ1n) is 8.95. The van der Waals surface area contributed by atoms with Crippen LogP contribution in [0.5, 0.6) is 11.5 Å².